The van der Waals surface area contributed by atoms with Crippen LogP contribution in [-0.2, 0) is 17.6 Å². The lowest BCUT2D eigenvalue weighted by Gasteiger charge is -2.08. The zero-order valence-electron chi connectivity index (χ0n) is 9.17. The highest BCUT2D eigenvalue weighted by molar-refractivity contribution is 7.79. The second-order valence-electron chi connectivity index (χ2n) is 3.64. The zero-order valence-corrected chi connectivity index (χ0v) is 9.98. The summed E-state index contributed by atoms with van der Waals surface area (Å²) < 4.78 is 20.1. The molecule has 2 aromatic carbocycles. The van der Waals surface area contributed by atoms with E-state index in [9.17, 15) is 4.21 Å². The Morgan fingerprint density at radius 3 is 2.59 bits per heavy atom. The van der Waals surface area contributed by atoms with Crippen molar-refractivity contribution >= 4 is 11.1 Å². The monoisotopic (exact) mass is 247 g/mol. The van der Waals surface area contributed by atoms with Gasteiger partial charge in [-0.05, 0) is 28.8 Å². The van der Waals surface area contributed by atoms with Crippen LogP contribution >= 0.6 is 0 Å². The molecule has 0 aromatic heterocycles. The normalized spacial score (nSPS) is 12.4. The van der Waals surface area contributed by atoms with Gasteiger partial charge in [-0.1, -0.05) is 36.4 Å². The second-order valence-corrected chi connectivity index (χ2v) is 4.61. The predicted molar refractivity (Wildman–Crippen MR) is 68.8 cm³/mol. The van der Waals surface area contributed by atoms with Crippen molar-refractivity contribution in [2.75, 3.05) is 0 Å². The molecule has 0 fully saturated rings. The summed E-state index contributed by atoms with van der Waals surface area (Å²) in [5.41, 5.74) is 8.61. The van der Waals surface area contributed by atoms with Gasteiger partial charge in [0.2, 0.25) is 0 Å². The summed E-state index contributed by atoms with van der Waals surface area (Å²) in [7, 11) is 0. The lowest BCUT2D eigenvalue weighted by molar-refractivity contribution is 0.564. The van der Waals surface area contributed by atoms with Gasteiger partial charge in [-0.3, -0.25) is 0 Å². The summed E-state index contributed by atoms with van der Waals surface area (Å²) in [4.78, 5) is 0.398. The Hall–Kier alpha value is -1.49. The summed E-state index contributed by atoms with van der Waals surface area (Å²) >= 11 is -1.95. The molecule has 2 rings (SSSR count). The van der Waals surface area contributed by atoms with E-state index in [-0.39, 0.29) is 0 Å². The third-order valence-electron chi connectivity index (χ3n) is 2.58. The SMILES string of the molecule is NCc1ccccc1-c1cccc(S(=O)O)c1. The van der Waals surface area contributed by atoms with Crippen molar-refractivity contribution in [1.82, 2.24) is 0 Å². The first-order valence-corrected chi connectivity index (χ1v) is 6.32. The molecule has 0 aliphatic carbocycles. The van der Waals surface area contributed by atoms with Crippen LogP contribution in [0.4, 0.5) is 0 Å². The minimum Gasteiger partial charge on any atom is -0.326 e. The minimum atomic E-state index is -1.95. The number of nitrogens with two attached hydrogens (primary N) is 1. The van der Waals surface area contributed by atoms with E-state index in [1.54, 1.807) is 18.2 Å². The van der Waals surface area contributed by atoms with Crippen molar-refractivity contribution in [3.8, 4) is 11.1 Å². The first-order chi connectivity index (χ1) is 8.22. The fourth-order valence-electron chi connectivity index (χ4n) is 1.75. The van der Waals surface area contributed by atoms with Crippen LogP contribution in [0.2, 0.25) is 0 Å². The van der Waals surface area contributed by atoms with Crippen molar-refractivity contribution in [3.05, 3.63) is 54.1 Å². The van der Waals surface area contributed by atoms with Gasteiger partial charge in [0.15, 0.2) is 11.1 Å². The Labute approximate surface area is 103 Å². The maximum absolute atomic E-state index is 11.0. The molecule has 0 bridgehead atoms. The molecule has 0 radical (unpaired) electrons. The molecule has 1 atom stereocenters. The van der Waals surface area contributed by atoms with E-state index in [1.165, 1.54) is 0 Å². The van der Waals surface area contributed by atoms with Crippen molar-refractivity contribution < 1.29 is 8.76 Å². The van der Waals surface area contributed by atoms with Crippen molar-refractivity contribution in [3.63, 3.8) is 0 Å². The minimum absolute atomic E-state index is 0.398. The van der Waals surface area contributed by atoms with Crippen molar-refractivity contribution in [1.29, 1.82) is 0 Å². The maximum Gasteiger partial charge on any atom is 0.186 e. The summed E-state index contributed by atoms with van der Waals surface area (Å²) in [5, 5.41) is 0. The van der Waals surface area contributed by atoms with E-state index in [1.807, 2.05) is 30.3 Å². The van der Waals surface area contributed by atoms with E-state index < -0.39 is 11.1 Å². The Morgan fingerprint density at radius 1 is 1.12 bits per heavy atom. The molecule has 88 valence electrons. The molecule has 3 nitrogen and oxygen atoms in total. The van der Waals surface area contributed by atoms with Crippen LogP contribution in [0.25, 0.3) is 11.1 Å². The van der Waals surface area contributed by atoms with Crippen molar-refractivity contribution in [2.45, 2.75) is 11.4 Å². The van der Waals surface area contributed by atoms with Crippen molar-refractivity contribution in [2.24, 2.45) is 5.73 Å². The molecule has 0 aliphatic rings. The smallest absolute Gasteiger partial charge is 0.186 e. The molecule has 17 heavy (non-hydrogen) atoms. The van der Waals surface area contributed by atoms with Crippen LogP contribution in [0.1, 0.15) is 5.56 Å². The molecule has 0 spiro atoms. The van der Waals surface area contributed by atoms with Gasteiger partial charge in [0, 0.05) is 6.54 Å². The van der Waals surface area contributed by atoms with Crippen LogP contribution in [0, 0.1) is 0 Å². The van der Waals surface area contributed by atoms with Crippen LogP contribution in [0.15, 0.2) is 53.4 Å². The Balaban J connectivity index is 2.52. The highest BCUT2D eigenvalue weighted by Gasteiger charge is 2.06. The fraction of sp³-hybridized carbons (Fsp3) is 0.0769. The Kier molecular flexibility index (Phi) is 3.68. The van der Waals surface area contributed by atoms with Crippen LogP contribution in [-0.4, -0.2) is 8.76 Å². The quantitative estimate of drug-likeness (QED) is 0.819. The first-order valence-electron chi connectivity index (χ1n) is 5.21. The lowest BCUT2D eigenvalue weighted by Crippen LogP contribution is -1.98. The molecule has 0 saturated carbocycles. The molecule has 0 saturated heterocycles. The van der Waals surface area contributed by atoms with E-state index in [0.29, 0.717) is 11.4 Å². The number of hydrogen-bond donors (Lipinski definition) is 2. The molecular weight excluding hydrogens is 234 g/mol. The topological polar surface area (TPSA) is 63.3 Å². The molecule has 0 amide bonds. The van der Waals surface area contributed by atoms with Gasteiger partial charge in [-0.15, -0.1) is 0 Å². The van der Waals surface area contributed by atoms with Crippen LogP contribution < -0.4 is 5.73 Å². The largest absolute Gasteiger partial charge is 0.326 e. The maximum atomic E-state index is 11.0. The molecule has 0 aliphatic heterocycles. The van der Waals surface area contributed by atoms with Crippen LogP contribution in [0.3, 0.4) is 0 Å². The average molecular weight is 247 g/mol. The lowest BCUT2D eigenvalue weighted by atomic mass is 10.00. The van der Waals surface area contributed by atoms with Gasteiger partial charge in [0.25, 0.3) is 0 Å². The summed E-state index contributed by atoms with van der Waals surface area (Å²) in [6.07, 6.45) is 0. The fourth-order valence-corrected chi connectivity index (χ4v) is 2.17. The first kappa shape index (κ1) is 12.0. The highest BCUT2D eigenvalue weighted by atomic mass is 32.2. The highest BCUT2D eigenvalue weighted by Crippen LogP contribution is 2.24. The molecular formula is C13H13NO2S. The predicted octanol–water partition coefficient (Wildman–Crippen LogP) is 2.39. The van der Waals surface area contributed by atoms with Gasteiger partial charge in [-0.25, -0.2) is 4.21 Å². The molecule has 3 N–H and O–H groups in total. The van der Waals surface area contributed by atoms with Gasteiger partial charge < -0.3 is 10.3 Å². The van der Waals surface area contributed by atoms with Gasteiger partial charge in [0.1, 0.15) is 0 Å². The molecule has 2 aromatic rings. The Morgan fingerprint density at radius 2 is 1.88 bits per heavy atom. The Bertz CT molecular complexity index is 555. The molecule has 0 heterocycles. The standard InChI is InChI=1S/C13H13NO2S/c14-9-11-4-1-2-7-13(11)10-5-3-6-12(8-10)17(15)16/h1-8H,9,14H2,(H,15,16). The van der Waals surface area contributed by atoms with Gasteiger partial charge >= 0.3 is 0 Å². The summed E-state index contributed by atoms with van der Waals surface area (Å²) in [6, 6.07) is 14.8. The van der Waals surface area contributed by atoms with E-state index in [2.05, 4.69) is 0 Å². The summed E-state index contributed by atoms with van der Waals surface area (Å²) in [5.74, 6) is 0. The molecule has 1 unspecified atom stereocenters. The number of rotatable bonds is 3. The van der Waals surface area contributed by atoms with Gasteiger partial charge in [0.05, 0.1) is 4.90 Å². The van der Waals surface area contributed by atoms with E-state index in [0.717, 1.165) is 16.7 Å². The number of hydrogen-bond acceptors (Lipinski definition) is 2. The third kappa shape index (κ3) is 2.61. The van der Waals surface area contributed by atoms with Crippen LogP contribution in [0.5, 0.6) is 0 Å². The molecule has 4 heteroatoms. The average Bonchev–Trinajstić information content (AvgIpc) is 2.39. The second kappa shape index (κ2) is 5.23. The zero-order chi connectivity index (χ0) is 12.3. The van der Waals surface area contributed by atoms with E-state index in [4.69, 9.17) is 10.3 Å². The van der Waals surface area contributed by atoms with Gasteiger partial charge in [-0.2, -0.15) is 0 Å². The number of benzene rings is 2. The summed E-state index contributed by atoms with van der Waals surface area (Å²) in [6.45, 7) is 0.447. The van der Waals surface area contributed by atoms with E-state index >= 15 is 0 Å². The third-order valence-corrected chi connectivity index (χ3v) is 3.24.